The van der Waals surface area contributed by atoms with E-state index in [1.54, 1.807) is 0 Å². The second-order valence-corrected chi connectivity index (χ2v) is 5.05. The van der Waals surface area contributed by atoms with E-state index in [9.17, 15) is 0 Å². The van der Waals surface area contributed by atoms with Gasteiger partial charge in [-0.15, -0.1) is 0 Å². The predicted octanol–water partition coefficient (Wildman–Crippen LogP) is 2.37. The van der Waals surface area contributed by atoms with E-state index in [4.69, 9.17) is 4.74 Å². The molecule has 1 aromatic rings. The van der Waals surface area contributed by atoms with Gasteiger partial charge in [0.05, 0.1) is 19.3 Å². The zero-order valence-electron chi connectivity index (χ0n) is 8.87. The lowest BCUT2D eigenvalue weighted by Crippen LogP contribution is -2.50. The molecule has 0 aromatic heterocycles. The fourth-order valence-electron chi connectivity index (χ4n) is 1.77. The predicted molar refractivity (Wildman–Crippen MR) is 65.1 cm³/mol. The molecule has 0 amide bonds. The third-order valence-electron chi connectivity index (χ3n) is 2.61. The molecule has 1 aromatic carbocycles. The summed E-state index contributed by atoms with van der Waals surface area (Å²) in [6, 6.07) is 9.60. The zero-order chi connectivity index (χ0) is 10.7. The van der Waals surface area contributed by atoms with Crippen LogP contribution in [0.5, 0.6) is 0 Å². The van der Waals surface area contributed by atoms with Gasteiger partial charge in [0.15, 0.2) is 0 Å². The summed E-state index contributed by atoms with van der Waals surface area (Å²) in [4.78, 5) is 0. The molecular weight excluding hydrogens is 254 g/mol. The van der Waals surface area contributed by atoms with Crippen LogP contribution in [-0.4, -0.2) is 25.3 Å². The molecule has 1 heterocycles. The Balaban J connectivity index is 1.82. The first-order valence-electron chi connectivity index (χ1n) is 5.32. The van der Waals surface area contributed by atoms with Crippen molar-refractivity contribution in [2.75, 3.05) is 13.2 Å². The highest BCUT2D eigenvalue weighted by Crippen LogP contribution is 2.12. The van der Waals surface area contributed by atoms with Crippen molar-refractivity contribution in [1.29, 1.82) is 0 Å². The maximum Gasteiger partial charge on any atom is 0.0643 e. The Morgan fingerprint density at radius 2 is 2.07 bits per heavy atom. The fourth-order valence-corrected chi connectivity index (χ4v) is 2.03. The monoisotopic (exact) mass is 269 g/mol. The lowest BCUT2D eigenvalue weighted by Gasteiger charge is -2.30. The molecule has 0 spiro atoms. The molecule has 0 bridgehead atoms. The van der Waals surface area contributed by atoms with Crippen LogP contribution >= 0.6 is 15.9 Å². The van der Waals surface area contributed by atoms with Crippen molar-refractivity contribution in [3.8, 4) is 0 Å². The lowest BCUT2D eigenvalue weighted by molar-refractivity contribution is -0.00908. The third-order valence-corrected chi connectivity index (χ3v) is 3.14. The third kappa shape index (κ3) is 3.30. The Hall–Kier alpha value is -0.380. The lowest BCUT2D eigenvalue weighted by atomic mass is 10.1. The molecule has 1 unspecified atom stereocenters. The largest absolute Gasteiger partial charge is 0.378 e. The number of benzene rings is 1. The number of rotatable bonds is 4. The first-order valence-corrected chi connectivity index (χ1v) is 6.11. The fraction of sp³-hybridized carbons (Fsp3) is 0.500. The molecule has 0 aliphatic carbocycles. The summed E-state index contributed by atoms with van der Waals surface area (Å²) in [5.41, 5.74) is 1.37. The summed E-state index contributed by atoms with van der Waals surface area (Å²) < 4.78 is 6.27. The summed E-state index contributed by atoms with van der Waals surface area (Å²) in [5, 5.41) is 3.54. The molecule has 0 saturated carbocycles. The number of hydrogen-bond donors (Lipinski definition) is 1. The van der Waals surface area contributed by atoms with Crippen LogP contribution in [0.2, 0.25) is 0 Å². The number of halogens is 1. The quantitative estimate of drug-likeness (QED) is 0.907. The minimum absolute atomic E-state index is 0.514. The van der Waals surface area contributed by atoms with E-state index < -0.39 is 0 Å². The minimum Gasteiger partial charge on any atom is -0.378 e. The van der Waals surface area contributed by atoms with Crippen molar-refractivity contribution >= 4 is 15.9 Å². The van der Waals surface area contributed by atoms with Gasteiger partial charge in [0.25, 0.3) is 0 Å². The zero-order valence-corrected chi connectivity index (χ0v) is 10.5. The SMILES string of the molecule is CC(Cc1ccc(Br)cc1)NC1COC1. The summed E-state index contributed by atoms with van der Waals surface area (Å²) in [6.07, 6.45) is 1.07. The molecule has 1 aliphatic rings. The molecular formula is C12H16BrNO. The van der Waals surface area contributed by atoms with Crippen molar-refractivity contribution in [3.05, 3.63) is 34.3 Å². The molecule has 1 aliphatic heterocycles. The van der Waals surface area contributed by atoms with E-state index >= 15 is 0 Å². The van der Waals surface area contributed by atoms with Crippen LogP contribution in [0.3, 0.4) is 0 Å². The van der Waals surface area contributed by atoms with Crippen LogP contribution in [0, 0.1) is 0 Å². The second kappa shape index (κ2) is 5.10. The van der Waals surface area contributed by atoms with Gasteiger partial charge in [-0.05, 0) is 31.0 Å². The van der Waals surface area contributed by atoms with Gasteiger partial charge >= 0.3 is 0 Å². The Morgan fingerprint density at radius 3 is 2.60 bits per heavy atom. The Labute approximate surface area is 99.1 Å². The maximum atomic E-state index is 5.13. The van der Waals surface area contributed by atoms with Crippen molar-refractivity contribution in [3.63, 3.8) is 0 Å². The molecule has 2 nitrogen and oxygen atoms in total. The summed E-state index contributed by atoms with van der Waals surface area (Å²) in [5.74, 6) is 0. The molecule has 1 fully saturated rings. The molecule has 1 atom stereocenters. The summed E-state index contributed by atoms with van der Waals surface area (Å²) >= 11 is 3.44. The topological polar surface area (TPSA) is 21.3 Å². The number of ether oxygens (including phenoxy) is 1. The van der Waals surface area contributed by atoms with Crippen LogP contribution in [0.1, 0.15) is 12.5 Å². The van der Waals surface area contributed by atoms with Gasteiger partial charge in [0, 0.05) is 10.5 Å². The van der Waals surface area contributed by atoms with Crippen LogP contribution in [0.15, 0.2) is 28.7 Å². The van der Waals surface area contributed by atoms with Gasteiger partial charge in [0.2, 0.25) is 0 Å². The molecule has 2 rings (SSSR count). The molecule has 3 heteroatoms. The van der Waals surface area contributed by atoms with Crippen molar-refractivity contribution in [1.82, 2.24) is 5.32 Å². The smallest absolute Gasteiger partial charge is 0.0643 e. The highest BCUT2D eigenvalue weighted by Gasteiger charge is 2.19. The average Bonchev–Trinajstić information content (AvgIpc) is 2.16. The van der Waals surface area contributed by atoms with Crippen molar-refractivity contribution in [2.24, 2.45) is 0 Å². The van der Waals surface area contributed by atoms with Gasteiger partial charge < -0.3 is 10.1 Å². The van der Waals surface area contributed by atoms with Crippen LogP contribution in [0.25, 0.3) is 0 Å². The van der Waals surface area contributed by atoms with E-state index in [0.29, 0.717) is 12.1 Å². The van der Waals surface area contributed by atoms with E-state index in [0.717, 1.165) is 24.1 Å². The Kier molecular flexibility index (Phi) is 3.78. The molecule has 82 valence electrons. The second-order valence-electron chi connectivity index (χ2n) is 4.13. The Morgan fingerprint density at radius 1 is 1.40 bits per heavy atom. The highest BCUT2D eigenvalue weighted by atomic mass is 79.9. The summed E-state index contributed by atoms with van der Waals surface area (Å²) in [6.45, 7) is 3.95. The van der Waals surface area contributed by atoms with Gasteiger partial charge in [-0.3, -0.25) is 0 Å². The molecule has 15 heavy (non-hydrogen) atoms. The standard InChI is InChI=1S/C12H16BrNO/c1-9(14-12-7-15-8-12)6-10-2-4-11(13)5-3-10/h2-5,9,12,14H,6-8H2,1H3. The first-order chi connectivity index (χ1) is 7.24. The number of nitrogens with one attached hydrogen (secondary N) is 1. The van der Waals surface area contributed by atoms with Crippen molar-refractivity contribution < 1.29 is 4.74 Å². The average molecular weight is 270 g/mol. The van der Waals surface area contributed by atoms with E-state index in [2.05, 4.69) is 52.4 Å². The summed E-state index contributed by atoms with van der Waals surface area (Å²) in [7, 11) is 0. The van der Waals surface area contributed by atoms with Gasteiger partial charge in [-0.25, -0.2) is 0 Å². The number of hydrogen-bond acceptors (Lipinski definition) is 2. The molecule has 1 N–H and O–H groups in total. The molecule has 1 saturated heterocycles. The first kappa shape index (κ1) is 11.1. The normalized spacial score (nSPS) is 18.5. The van der Waals surface area contributed by atoms with Gasteiger partial charge in [0.1, 0.15) is 0 Å². The van der Waals surface area contributed by atoms with E-state index in [-0.39, 0.29) is 0 Å². The Bertz CT molecular complexity index is 308. The van der Waals surface area contributed by atoms with Gasteiger partial charge in [-0.2, -0.15) is 0 Å². The van der Waals surface area contributed by atoms with E-state index in [1.165, 1.54) is 5.56 Å². The highest BCUT2D eigenvalue weighted by molar-refractivity contribution is 9.10. The van der Waals surface area contributed by atoms with E-state index in [1.807, 2.05) is 0 Å². The minimum atomic E-state index is 0.514. The molecule has 0 radical (unpaired) electrons. The maximum absolute atomic E-state index is 5.13. The van der Waals surface area contributed by atoms with Crippen LogP contribution in [0.4, 0.5) is 0 Å². The van der Waals surface area contributed by atoms with Gasteiger partial charge in [-0.1, -0.05) is 28.1 Å². The van der Waals surface area contributed by atoms with Crippen molar-refractivity contribution in [2.45, 2.75) is 25.4 Å². The van der Waals surface area contributed by atoms with Crippen LogP contribution < -0.4 is 5.32 Å². The van der Waals surface area contributed by atoms with Crippen LogP contribution in [-0.2, 0) is 11.2 Å².